The molecule has 0 aromatic heterocycles. The molecule has 0 amide bonds. The minimum Gasteiger partial charge on any atom is -0.463 e. The minimum absolute atomic E-state index is 0.0977. The van der Waals surface area contributed by atoms with Crippen LogP contribution < -0.4 is 0 Å². The third-order valence-corrected chi connectivity index (χ3v) is 23.1. The second-order valence-corrected chi connectivity index (χ2v) is 36.1. The molecule has 123 heavy (non-hydrogen) atoms. The van der Waals surface area contributed by atoms with Crippen LogP contribution in [0.2, 0.25) is 0 Å². The Bertz CT molecular complexity index is 2870. The van der Waals surface area contributed by atoms with Gasteiger partial charge in [-0.1, -0.05) is 416 Å². The lowest BCUT2D eigenvalue weighted by atomic mass is 10.0. The first-order valence-corrected chi connectivity index (χ1v) is 52.8. The van der Waals surface area contributed by atoms with Crippen molar-refractivity contribution < 1.29 is 75.8 Å². The summed E-state index contributed by atoms with van der Waals surface area (Å²) < 4.78 is 61.7. The first-order chi connectivity index (χ1) is 60.2. The molecule has 0 saturated heterocycles. The molecule has 0 aliphatic heterocycles. The Hall–Kier alpha value is -4.83. The summed E-state index contributed by atoms with van der Waals surface area (Å²) in [5.41, 5.74) is 0. The van der Waals surface area contributed by atoms with E-state index >= 15 is 0 Å². The van der Waals surface area contributed by atoms with E-state index in [2.05, 4.69) is 179 Å². The summed E-state index contributed by atoms with van der Waals surface area (Å²) in [4.78, 5) is 59.2. The summed E-state index contributed by atoms with van der Waals surface area (Å²) >= 11 is 0. The fourth-order valence-electron chi connectivity index (χ4n) is 13.7. The maximum atomic E-state index is 13.1. The molecule has 0 bridgehead atoms. The van der Waals surface area contributed by atoms with Crippen molar-refractivity contribution in [3.05, 3.63) is 158 Å². The van der Waals surface area contributed by atoms with Crippen molar-refractivity contribution in [3.8, 4) is 0 Å². The number of unbranched alkanes of at least 4 members (excludes halogenated alkanes) is 45. The highest BCUT2D eigenvalue weighted by Crippen LogP contribution is 2.45. The molecule has 708 valence electrons. The molecule has 16 nitrogen and oxygen atoms in total. The zero-order chi connectivity index (χ0) is 89.3. The Balaban J connectivity index is 4.60. The van der Waals surface area contributed by atoms with E-state index in [0.717, 1.165) is 154 Å². The van der Waals surface area contributed by atoms with Crippen molar-refractivity contribution in [1.82, 2.24) is 0 Å². The Morgan fingerprint density at radius 1 is 0.236 bits per heavy atom. The van der Waals surface area contributed by atoms with Gasteiger partial charge in [0.15, 0.2) is 6.10 Å². The number of hydrogen-bond acceptors (Lipinski definition) is 14. The van der Waals surface area contributed by atoms with Crippen LogP contribution in [0.4, 0.5) is 0 Å². The molecule has 5 atom stereocenters. The molecule has 0 spiro atoms. The van der Waals surface area contributed by atoms with Gasteiger partial charge in [0, 0.05) is 19.3 Å². The van der Waals surface area contributed by atoms with Crippen molar-refractivity contribution in [2.24, 2.45) is 0 Å². The van der Waals surface area contributed by atoms with E-state index in [0.29, 0.717) is 19.3 Å². The van der Waals surface area contributed by atoms with E-state index in [9.17, 15) is 43.5 Å². The summed E-state index contributed by atoms with van der Waals surface area (Å²) in [5, 5.41) is 20.8. The normalized spacial score (nSPS) is 14.4. The van der Waals surface area contributed by atoms with Gasteiger partial charge in [0.05, 0.1) is 26.4 Å². The van der Waals surface area contributed by atoms with Gasteiger partial charge < -0.3 is 34.2 Å². The number of esters is 3. The lowest BCUT2D eigenvalue weighted by molar-refractivity contribution is -0.161. The fraction of sp³-hybridized carbons (Fsp3) is 0.724. The third kappa shape index (κ3) is 97.6. The average Bonchev–Trinajstić information content (AvgIpc) is 0.892. The number of ether oxygens (including phenoxy) is 3. The first-order valence-electron chi connectivity index (χ1n) is 49.8. The van der Waals surface area contributed by atoms with Gasteiger partial charge >= 0.3 is 33.6 Å². The van der Waals surface area contributed by atoms with E-state index in [1.807, 2.05) is 0 Å². The van der Waals surface area contributed by atoms with Crippen LogP contribution in [0.1, 0.15) is 432 Å². The molecule has 4 N–H and O–H groups in total. The number of rotatable bonds is 94. The highest BCUT2D eigenvalue weighted by atomic mass is 31.2. The number of aliphatic hydroxyl groups excluding tert-OH is 2. The van der Waals surface area contributed by atoms with Crippen LogP contribution in [0.25, 0.3) is 0 Å². The second kappa shape index (κ2) is 96.3. The van der Waals surface area contributed by atoms with Crippen LogP contribution in [0, 0.1) is 0 Å². The predicted octanol–water partition coefficient (Wildman–Crippen LogP) is 31.2. The number of phosphoric ester groups is 2. The number of hydrogen-bond donors (Lipinski definition) is 4. The van der Waals surface area contributed by atoms with Crippen LogP contribution in [-0.2, 0) is 55.8 Å². The van der Waals surface area contributed by atoms with Crippen LogP contribution in [0.3, 0.4) is 0 Å². The molecule has 0 radical (unpaired) electrons. The SMILES string of the molecule is CC/C=C\C/C=C\C/C=C\C/C=C\C/C=C\CCCCCCCCCCCCCCCCCCCC(=O)OCC(O)COP(=O)(O)OCC(O)COP(=O)(O)OCC(COC(=O)CCCCCCCCCCCCC/C=C\C/C=C\C/C=C\C/C=C\CCCCC)OC(=O)CCCCCCCCCCCCC/C=C\C/C=C\C/C=C\C/C=C\CCCCC. The summed E-state index contributed by atoms with van der Waals surface area (Å²) in [5.74, 6) is -1.57. The largest absolute Gasteiger partial charge is 0.472 e. The average molecular weight is 1760 g/mol. The summed E-state index contributed by atoms with van der Waals surface area (Å²) in [7, 11) is -9.82. The Morgan fingerprint density at radius 2 is 0.431 bits per heavy atom. The highest BCUT2D eigenvalue weighted by Gasteiger charge is 2.30. The quantitative estimate of drug-likeness (QED) is 0.0146. The van der Waals surface area contributed by atoms with Gasteiger partial charge in [-0.15, -0.1) is 0 Å². The molecule has 0 fully saturated rings. The summed E-state index contributed by atoms with van der Waals surface area (Å²) in [6.07, 6.45) is 124. The molecule has 0 saturated carbocycles. The number of aliphatic hydroxyl groups is 2. The summed E-state index contributed by atoms with van der Waals surface area (Å²) in [6.45, 7) is 2.58. The predicted molar refractivity (Wildman–Crippen MR) is 519 cm³/mol. The van der Waals surface area contributed by atoms with Gasteiger partial charge in [-0.05, 0) is 154 Å². The van der Waals surface area contributed by atoms with Crippen molar-refractivity contribution in [1.29, 1.82) is 0 Å². The first kappa shape index (κ1) is 118. The zero-order valence-corrected chi connectivity index (χ0v) is 80.1. The molecular formula is C105H182O16P2. The van der Waals surface area contributed by atoms with E-state index < -0.39 is 91.5 Å². The topological polar surface area (TPSA) is 231 Å². The molecule has 18 heteroatoms. The maximum Gasteiger partial charge on any atom is 0.472 e. The molecule has 0 aromatic carbocycles. The van der Waals surface area contributed by atoms with Gasteiger partial charge in [0.1, 0.15) is 25.4 Å². The zero-order valence-electron chi connectivity index (χ0n) is 78.3. The van der Waals surface area contributed by atoms with E-state index in [-0.39, 0.29) is 19.3 Å². The van der Waals surface area contributed by atoms with Crippen molar-refractivity contribution in [3.63, 3.8) is 0 Å². The van der Waals surface area contributed by atoms with Crippen LogP contribution in [0.15, 0.2) is 158 Å². The van der Waals surface area contributed by atoms with Crippen LogP contribution in [0.5, 0.6) is 0 Å². The molecule has 0 aliphatic carbocycles. The molecule has 0 aromatic rings. The van der Waals surface area contributed by atoms with Crippen molar-refractivity contribution in [2.75, 3.05) is 39.6 Å². The minimum atomic E-state index is -4.95. The molecule has 0 heterocycles. The van der Waals surface area contributed by atoms with Crippen LogP contribution >= 0.6 is 15.6 Å². The third-order valence-electron chi connectivity index (χ3n) is 21.2. The number of allylic oxidation sites excluding steroid dienone is 26. The summed E-state index contributed by atoms with van der Waals surface area (Å²) in [6, 6.07) is 0. The van der Waals surface area contributed by atoms with Gasteiger partial charge in [-0.2, -0.15) is 0 Å². The monoisotopic (exact) mass is 1760 g/mol. The van der Waals surface area contributed by atoms with Crippen molar-refractivity contribution >= 4 is 33.6 Å². The maximum absolute atomic E-state index is 13.1. The standard InChI is InChI=1S/C105H182O16P2/c1-4-7-10-13-16-19-22-25-28-31-34-37-40-43-46-47-48-49-50-51-54-56-58-61-64-67-70-73-76-79-82-85-88-91-103(108)115-94-100(106)95-117-122(111,112)118-96-101(107)97-119-123(113,114)120-99-102(121-105(110)93-90-87-84-81-78-75-72-69-66-63-60-57-53-45-42-39-36-33-30-27-24-21-18-15-12-9-6-3)98-116-104(109)92-89-86-83-80-77-74-71-68-65-62-59-55-52-44-41-38-35-32-29-26-23-20-17-14-11-8-5-2/h7,10,16-21,25-30,34-39,43-46,52-53,100-102,106-107H,4-6,8-9,11-15,22-24,31-33,40-42,47-51,54-99H2,1-3H3,(H,111,112)(H,113,114)/b10-7-,19-16-,20-17-,21-18-,28-25-,29-26-,30-27-,37-34-,38-35-,39-36-,46-43-,52-44-,53-45-. The van der Waals surface area contributed by atoms with Crippen molar-refractivity contribution in [2.45, 2.75) is 450 Å². The van der Waals surface area contributed by atoms with E-state index in [1.165, 1.54) is 218 Å². The Labute approximate surface area is 752 Å². The van der Waals surface area contributed by atoms with Gasteiger partial charge in [0.25, 0.3) is 0 Å². The molecule has 5 unspecified atom stereocenters. The highest BCUT2D eigenvalue weighted by molar-refractivity contribution is 7.47. The second-order valence-electron chi connectivity index (χ2n) is 33.2. The van der Waals surface area contributed by atoms with Gasteiger partial charge in [-0.3, -0.25) is 32.5 Å². The Kier molecular flexibility index (Phi) is 92.5. The fourth-order valence-corrected chi connectivity index (χ4v) is 15.3. The van der Waals surface area contributed by atoms with E-state index in [1.54, 1.807) is 0 Å². The lowest BCUT2D eigenvalue weighted by Crippen LogP contribution is -2.30. The molecular weight excluding hydrogens is 1580 g/mol. The number of carbonyl (C=O) groups excluding carboxylic acids is 3. The number of carbonyl (C=O) groups is 3. The van der Waals surface area contributed by atoms with Gasteiger partial charge in [-0.25, -0.2) is 9.13 Å². The Morgan fingerprint density at radius 3 is 0.683 bits per heavy atom. The van der Waals surface area contributed by atoms with E-state index in [4.69, 9.17) is 32.3 Å². The van der Waals surface area contributed by atoms with Crippen LogP contribution in [-0.4, -0.2) is 95.9 Å². The molecule has 0 aliphatic rings. The number of phosphoric acid groups is 2. The lowest BCUT2D eigenvalue weighted by Gasteiger charge is -2.21. The molecule has 0 rings (SSSR count). The smallest absolute Gasteiger partial charge is 0.463 e. The van der Waals surface area contributed by atoms with Gasteiger partial charge in [0.2, 0.25) is 0 Å².